The largest absolute Gasteiger partial charge is 0.472 e. The Balaban J connectivity index is 5.50. The van der Waals surface area contributed by atoms with Crippen LogP contribution in [0.2, 0.25) is 0 Å². The number of carbonyl (C=O) groups excluding carboxylic acids is 4. The Labute approximate surface area is 640 Å². The number of carbonyl (C=O) groups is 4. The van der Waals surface area contributed by atoms with Crippen molar-refractivity contribution in [3.63, 3.8) is 0 Å². The highest BCUT2D eigenvalue weighted by molar-refractivity contribution is 7.47. The maximum absolute atomic E-state index is 13.1. The van der Waals surface area contributed by atoms with E-state index in [1.165, 1.54) is 0 Å². The highest BCUT2D eigenvalue weighted by atomic mass is 31.2. The van der Waals surface area contributed by atoms with E-state index in [4.69, 9.17) is 37.0 Å². The summed E-state index contributed by atoms with van der Waals surface area (Å²) in [6.45, 7) is 4.21. The second kappa shape index (κ2) is 77.1. The molecule has 0 spiro atoms. The molecule has 0 aliphatic heterocycles. The van der Waals surface area contributed by atoms with Crippen molar-refractivity contribution in [2.45, 2.75) is 290 Å². The number of esters is 4. The lowest BCUT2D eigenvalue weighted by Gasteiger charge is -2.21. The first-order valence-electron chi connectivity index (χ1n) is 39.7. The van der Waals surface area contributed by atoms with E-state index in [0.717, 1.165) is 193 Å². The Morgan fingerprint density at radius 2 is 0.500 bits per heavy atom. The number of hydrogen-bond acceptors (Lipinski definition) is 15. The predicted molar refractivity (Wildman–Crippen MR) is 436 cm³/mol. The fraction of sp³-hybridized carbons (Fsp3) is 0.586. The van der Waals surface area contributed by atoms with Gasteiger partial charge in [0, 0.05) is 19.3 Å². The number of aliphatic hydroxyl groups is 1. The molecule has 0 amide bonds. The molecule has 0 saturated carbocycles. The molecule has 0 rings (SSSR count). The van der Waals surface area contributed by atoms with Gasteiger partial charge >= 0.3 is 39.5 Å². The summed E-state index contributed by atoms with van der Waals surface area (Å²) in [7, 11) is -10.0. The lowest BCUT2D eigenvalue weighted by atomic mass is 10.1. The molecule has 0 aliphatic carbocycles. The van der Waals surface area contributed by atoms with E-state index >= 15 is 0 Å². The van der Waals surface area contributed by atoms with Crippen LogP contribution in [0, 0.1) is 0 Å². The van der Waals surface area contributed by atoms with Crippen LogP contribution in [0.4, 0.5) is 0 Å². The van der Waals surface area contributed by atoms with Gasteiger partial charge in [-0.3, -0.25) is 37.3 Å². The molecule has 0 aromatic carbocycles. The third-order valence-corrected chi connectivity index (χ3v) is 17.5. The maximum Gasteiger partial charge on any atom is 0.472 e. The summed E-state index contributed by atoms with van der Waals surface area (Å²) in [6.07, 6.45) is 94.4. The van der Waals surface area contributed by atoms with Crippen LogP contribution in [-0.2, 0) is 65.4 Å². The first-order valence-corrected chi connectivity index (χ1v) is 42.7. The molecule has 0 radical (unpaired) electrons. The van der Waals surface area contributed by atoms with Crippen molar-refractivity contribution in [3.05, 3.63) is 194 Å². The quantitative estimate of drug-likeness (QED) is 0.0169. The van der Waals surface area contributed by atoms with Gasteiger partial charge in [-0.15, -0.1) is 0 Å². The highest BCUT2D eigenvalue weighted by Crippen LogP contribution is 2.45. The normalized spacial score (nSPS) is 14.9. The topological polar surface area (TPSA) is 237 Å². The van der Waals surface area contributed by atoms with E-state index in [1.807, 2.05) is 12.2 Å². The fourth-order valence-electron chi connectivity index (χ4n) is 9.70. The number of rotatable bonds is 72. The van der Waals surface area contributed by atoms with Gasteiger partial charge in [-0.2, -0.15) is 0 Å². The third kappa shape index (κ3) is 76.1. The second-order valence-electron chi connectivity index (χ2n) is 25.5. The van der Waals surface area contributed by atoms with Gasteiger partial charge in [0.1, 0.15) is 19.3 Å². The van der Waals surface area contributed by atoms with E-state index in [-0.39, 0.29) is 25.7 Å². The van der Waals surface area contributed by atoms with Crippen LogP contribution < -0.4 is 0 Å². The van der Waals surface area contributed by atoms with Crippen LogP contribution in [0.15, 0.2) is 194 Å². The Hall–Kier alpha value is -6.10. The Bertz CT molecular complexity index is 2780. The summed E-state index contributed by atoms with van der Waals surface area (Å²) in [5, 5.41) is 10.6. The summed E-state index contributed by atoms with van der Waals surface area (Å²) in [6, 6.07) is 0. The standard InChI is InChI=1S/C87H138O17P2/c1-5-9-13-17-21-25-29-33-37-39-40-42-46-48-52-56-60-64-68-72-85(90)98-78-83(104-87(92)74-70-66-62-58-54-50-44-36-32-28-24-20-16-12-8-4)80-102-106(95,96)100-76-81(88)75-99-105(93,94)101-79-82(103-86(91)73-69-65-61-57-53-49-43-35-31-27-23-19-15-11-7-3)77-97-84(89)71-67-63-59-55-51-47-45-41-38-34-30-26-22-18-14-10-6-2/h9-16,21-28,33-38,40,42-44,48,52-53,57,65,69,81-83,88H,5-8,17-20,29-32,39,41,45-47,49-51,54-56,58-64,66-68,70-80H2,1-4H3,(H,93,94)(H,95,96)/b13-9-,14-10-,15-11-,16-12-,25-21-,26-22-,27-23-,28-24-,37-33-,38-34-,42-40-,43-35-,44-36-,52-48-,57-53-,69-65-. The first kappa shape index (κ1) is 99.9. The summed E-state index contributed by atoms with van der Waals surface area (Å²) in [5.74, 6) is -2.41. The fourth-order valence-corrected chi connectivity index (χ4v) is 11.3. The smallest absolute Gasteiger partial charge is 0.462 e. The zero-order valence-electron chi connectivity index (χ0n) is 65.3. The average Bonchev–Trinajstić information content (AvgIpc) is 0.909. The molecule has 17 nitrogen and oxygen atoms in total. The molecule has 3 N–H and O–H groups in total. The monoisotopic (exact) mass is 1520 g/mol. The Kier molecular flexibility index (Phi) is 72.6. The Morgan fingerprint density at radius 1 is 0.274 bits per heavy atom. The molecule has 19 heteroatoms. The summed E-state index contributed by atoms with van der Waals surface area (Å²) in [5.41, 5.74) is 0. The van der Waals surface area contributed by atoms with Crippen molar-refractivity contribution in [1.82, 2.24) is 0 Å². The molecule has 0 heterocycles. The van der Waals surface area contributed by atoms with Crippen LogP contribution in [0.25, 0.3) is 0 Å². The number of phosphoric acid groups is 2. The van der Waals surface area contributed by atoms with E-state index in [2.05, 4.69) is 198 Å². The van der Waals surface area contributed by atoms with Gasteiger partial charge in [0.2, 0.25) is 0 Å². The van der Waals surface area contributed by atoms with Gasteiger partial charge in [0.25, 0.3) is 0 Å². The predicted octanol–water partition coefficient (Wildman–Crippen LogP) is 23.3. The number of allylic oxidation sites excluding steroid dienone is 31. The van der Waals surface area contributed by atoms with Gasteiger partial charge in [-0.25, -0.2) is 9.13 Å². The van der Waals surface area contributed by atoms with E-state index in [1.54, 1.807) is 12.2 Å². The zero-order chi connectivity index (χ0) is 77.4. The Morgan fingerprint density at radius 3 is 0.802 bits per heavy atom. The van der Waals surface area contributed by atoms with Gasteiger partial charge in [0.05, 0.1) is 32.8 Å². The van der Waals surface area contributed by atoms with Crippen molar-refractivity contribution in [2.24, 2.45) is 0 Å². The van der Waals surface area contributed by atoms with Gasteiger partial charge in [-0.1, -0.05) is 280 Å². The molecule has 0 aliphatic rings. The highest BCUT2D eigenvalue weighted by Gasteiger charge is 2.30. The van der Waals surface area contributed by atoms with Crippen LogP contribution in [0.5, 0.6) is 0 Å². The molecule has 0 fully saturated rings. The van der Waals surface area contributed by atoms with Crippen LogP contribution in [-0.4, -0.2) is 96.7 Å². The summed E-state index contributed by atoms with van der Waals surface area (Å²) < 4.78 is 68.4. The SMILES string of the molecule is CC/C=C\C/C=C\C/C=C\C/C=C\C/C=C\CCCCCC(=O)OCC(COP(=O)(O)OCC(O)COP(=O)(O)OCC(COC(=O)CCCCCCCCC/C=C\C/C=C\C/C=C\CC)OC(=O)C/C=C\C/C=C\C/C=C\C/C=C\C/C=C\CC)OC(=O)CCCCCCC/C=C\C/C=C\C/C=C\CC. The first-order chi connectivity index (χ1) is 51.7. The van der Waals surface area contributed by atoms with E-state index in [0.29, 0.717) is 25.7 Å². The van der Waals surface area contributed by atoms with Crippen LogP contribution in [0.3, 0.4) is 0 Å². The molecule has 0 bridgehead atoms. The zero-order valence-corrected chi connectivity index (χ0v) is 67.1. The van der Waals surface area contributed by atoms with Crippen LogP contribution >= 0.6 is 15.6 Å². The molecule has 5 unspecified atom stereocenters. The maximum atomic E-state index is 13.1. The van der Waals surface area contributed by atoms with E-state index < -0.39 is 97.5 Å². The molecular weight excluding hydrogens is 1380 g/mol. The number of phosphoric ester groups is 2. The molecule has 0 aromatic heterocycles. The number of hydrogen-bond donors (Lipinski definition) is 3. The lowest BCUT2D eigenvalue weighted by Crippen LogP contribution is -2.30. The minimum absolute atomic E-state index is 0.0573. The molecule has 5 atom stereocenters. The number of ether oxygens (including phenoxy) is 4. The molecule has 598 valence electrons. The molecule has 0 aromatic rings. The number of aliphatic hydroxyl groups excluding tert-OH is 1. The van der Waals surface area contributed by atoms with E-state index in [9.17, 15) is 43.2 Å². The molecule has 106 heavy (non-hydrogen) atoms. The van der Waals surface area contributed by atoms with Crippen molar-refractivity contribution >= 4 is 39.5 Å². The summed E-state index contributed by atoms with van der Waals surface area (Å²) >= 11 is 0. The van der Waals surface area contributed by atoms with Gasteiger partial charge in [0.15, 0.2) is 12.2 Å². The van der Waals surface area contributed by atoms with Crippen molar-refractivity contribution < 1.29 is 80.2 Å². The minimum Gasteiger partial charge on any atom is -0.462 e. The van der Waals surface area contributed by atoms with Crippen LogP contribution in [0.1, 0.15) is 272 Å². The van der Waals surface area contributed by atoms with Crippen molar-refractivity contribution in [3.8, 4) is 0 Å². The lowest BCUT2D eigenvalue weighted by molar-refractivity contribution is -0.161. The summed E-state index contributed by atoms with van der Waals surface area (Å²) in [4.78, 5) is 73.0. The van der Waals surface area contributed by atoms with Gasteiger partial charge in [-0.05, 0) is 161 Å². The molecular formula is C87H138O17P2. The minimum atomic E-state index is -5.02. The number of unbranched alkanes of at least 4 members (excludes halogenated alkanes) is 15. The third-order valence-electron chi connectivity index (χ3n) is 15.6. The van der Waals surface area contributed by atoms with Gasteiger partial charge < -0.3 is 33.8 Å². The second-order valence-corrected chi connectivity index (χ2v) is 28.4. The molecule has 0 saturated heterocycles. The van der Waals surface area contributed by atoms with Crippen molar-refractivity contribution in [1.29, 1.82) is 0 Å². The van der Waals surface area contributed by atoms with Crippen molar-refractivity contribution in [2.75, 3.05) is 39.6 Å². The average molecular weight is 1520 g/mol.